The Balaban J connectivity index is 2.08. The molecule has 0 unspecified atom stereocenters. The first-order valence-corrected chi connectivity index (χ1v) is 11.6. The summed E-state index contributed by atoms with van der Waals surface area (Å²) < 4.78 is 30.1. The topological polar surface area (TPSA) is 105 Å². The van der Waals surface area contributed by atoms with Gasteiger partial charge in [-0.2, -0.15) is 0 Å². The van der Waals surface area contributed by atoms with Crippen molar-refractivity contribution in [2.45, 2.75) is 39.3 Å². The number of anilines is 2. The van der Waals surface area contributed by atoms with Crippen LogP contribution in [0.25, 0.3) is 0 Å². The SMILES string of the molecule is C[C@H](Oc1ccc(N(C)S(C)(=O)=O)cc1)C(=O)Nc1ccccc1C(=O)NC(C)(C)C. The third kappa shape index (κ3) is 6.99. The largest absolute Gasteiger partial charge is 0.481 e. The van der Waals surface area contributed by atoms with Crippen molar-refractivity contribution in [2.24, 2.45) is 0 Å². The van der Waals surface area contributed by atoms with E-state index in [2.05, 4.69) is 10.6 Å². The minimum atomic E-state index is -3.37. The Hall–Kier alpha value is -3.07. The first-order chi connectivity index (χ1) is 14.3. The van der Waals surface area contributed by atoms with Gasteiger partial charge in [0, 0.05) is 12.6 Å². The van der Waals surface area contributed by atoms with Crippen LogP contribution in [0.15, 0.2) is 48.5 Å². The maximum Gasteiger partial charge on any atom is 0.265 e. The Bertz CT molecular complexity index is 1040. The first-order valence-electron chi connectivity index (χ1n) is 9.71. The van der Waals surface area contributed by atoms with Gasteiger partial charge in [-0.15, -0.1) is 0 Å². The van der Waals surface area contributed by atoms with E-state index in [1.165, 1.54) is 7.05 Å². The Morgan fingerprint density at radius 1 is 1.03 bits per heavy atom. The van der Waals surface area contributed by atoms with Gasteiger partial charge in [0.05, 0.1) is 23.2 Å². The summed E-state index contributed by atoms with van der Waals surface area (Å²) in [6.45, 7) is 7.21. The quantitative estimate of drug-likeness (QED) is 0.679. The molecule has 31 heavy (non-hydrogen) atoms. The van der Waals surface area contributed by atoms with Gasteiger partial charge in [-0.25, -0.2) is 8.42 Å². The molecule has 2 aromatic carbocycles. The van der Waals surface area contributed by atoms with Crippen LogP contribution < -0.4 is 19.7 Å². The number of rotatable bonds is 7. The number of hydrogen-bond acceptors (Lipinski definition) is 5. The highest BCUT2D eigenvalue weighted by Crippen LogP contribution is 2.22. The van der Waals surface area contributed by atoms with Gasteiger partial charge in [-0.1, -0.05) is 12.1 Å². The molecule has 2 aromatic rings. The molecule has 0 aliphatic rings. The summed E-state index contributed by atoms with van der Waals surface area (Å²) in [4.78, 5) is 25.2. The van der Waals surface area contributed by atoms with Gasteiger partial charge in [0.25, 0.3) is 11.8 Å². The smallest absolute Gasteiger partial charge is 0.265 e. The summed E-state index contributed by atoms with van der Waals surface area (Å²) in [5.41, 5.74) is 0.800. The van der Waals surface area contributed by atoms with E-state index < -0.39 is 27.6 Å². The van der Waals surface area contributed by atoms with Gasteiger partial charge in [0.1, 0.15) is 5.75 Å². The van der Waals surface area contributed by atoms with Crippen molar-refractivity contribution in [2.75, 3.05) is 22.9 Å². The van der Waals surface area contributed by atoms with Crippen molar-refractivity contribution in [3.05, 3.63) is 54.1 Å². The first kappa shape index (κ1) is 24.2. The third-order valence-electron chi connectivity index (χ3n) is 4.30. The van der Waals surface area contributed by atoms with E-state index in [4.69, 9.17) is 4.74 Å². The van der Waals surface area contributed by atoms with Crippen molar-refractivity contribution in [3.8, 4) is 5.75 Å². The standard InChI is InChI=1S/C22H29N3O5S/c1-15(30-17-13-11-16(12-14-17)25(5)31(6,28)29)20(26)23-19-10-8-7-9-18(19)21(27)24-22(2,3)4/h7-15H,1-6H3,(H,23,26)(H,24,27)/t15-/m0/s1. The lowest BCUT2D eigenvalue weighted by molar-refractivity contribution is -0.122. The van der Waals surface area contributed by atoms with Crippen LogP contribution in [0.2, 0.25) is 0 Å². The van der Waals surface area contributed by atoms with Crippen molar-refractivity contribution >= 4 is 33.2 Å². The van der Waals surface area contributed by atoms with Crippen molar-refractivity contribution < 1.29 is 22.7 Å². The second-order valence-corrected chi connectivity index (χ2v) is 10.2. The molecular formula is C22H29N3O5S. The van der Waals surface area contributed by atoms with E-state index >= 15 is 0 Å². The molecule has 1 atom stereocenters. The number of carbonyl (C=O) groups excluding carboxylic acids is 2. The number of hydrogen-bond donors (Lipinski definition) is 2. The number of ether oxygens (including phenoxy) is 1. The Kier molecular flexibility index (Phi) is 7.32. The maximum absolute atomic E-state index is 12.6. The number of nitrogens with one attached hydrogen (secondary N) is 2. The Morgan fingerprint density at radius 2 is 1.61 bits per heavy atom. The maximum atomic E-state index is 12.6. The second-order valence-electron chi connectivity index (χ2n) is 8.22. The average molecular weight is 448 g/mol. The number of amides is 2. The van der Waals surface area contributed by atoms with Gasteiger partial charge in [0.2, 0.25) is 10.0 Å². The van der Waals surface area contributed by atoms with Crippen molar-refractivity contribution in [1.82, 2.24) is 5.32 Å². The van der Waals surface area contributed by atoms with Crippen molar-refractivity contribution in [1.29, 1.82) is 0 Å². The molecule has 0 fully saturated rings. The number of benzene rings is 2. The van der Waals surface area contributed by atoms with Gasteiger partial charge in [-0.3, -0.25) is 13.9 Å². The van der Waals surface area contributed by atoms with Gasteiger partial charge in [0.15, 0.2) is 6.10 Å². The summed E-state index contributed by atoms with van der Waals surface area (Å²) in [6, 6.07) is 13.1. The highest BCUT2D eigenvalue weighted by atomic mass is 32.2. The molecule has 168 valence electrons. The predicted molar refractivity (Wildman–Crippen MR) is 122 cm³/mol. The van der Waals surface area contributed by atoms with Crippen LogP contribution in [0.3, 0.4) is 0 Å². The highest BCUT2D eigenvalue weighted by molar-refractivity contribution is 7.92. The van der Waals surface area contributed by atoms with E-state index in [-0.39, 0.29) is 5.91 Å². The van der Waals surface area contributed by atoms with Gasteiger partial charge in [-0.05, 0) is 64.1 Å². The molecule has 9 heteroatoms. The lowest BCUT2D eigenvalue weighted by atomic mass is 10.1. The van der Waals surface area contributed by atoms with Crippen LogP contribution in [0.1, 0.15) is 38.1 Å². The molecular weight excluding hydrogens is 418 g/mol. The number of nitrogens with zero attached hydrogens (tertiary/aromatic N) is 1. The molecule has 0 spiro atoms. The van der Waals surface area contributed by atoms with E-state index in [1.807, 2.05) is 20.8 Å². The summed E-state index contributed by atoms with van der Waals surface area (Å²) in [6.07, 6.45) is 0.265. The molecule has 2 N–H and O–H groups in total. The predicted octanol–water partition coefficient (Wildman–Crippen LogP) is 3.02. The molecule has 0 bridgehead atoms. The summed E-state index contributed by atoms with van der Waals surface area (Å²) >= 11 is 0. The normalized spacial score (nSPS) is 12.6. The minimum absolute atomic E-state index is 0.289. The number of para-hydroxylation sites is 1. The number of carbonyl (C=O) groups is 2. The fourth-order valence-corrected chi connectivity index (χ4v) is 3.12. The van der Waals surface area contributed by atoms with Crippen molar-refractivity contribution in [3.63, 3.8) is 0 Å². The zero-order valence-electron chi connectivity index (χ0n) is 18.6. The van der Waals surface area contributed by atoms with Crippen LogP contribution in [-0.4, -0.2) is 45.2 Å². The third-order valence-corrected chi connectivity index (χ3v) is 5.50. The average Bonchev–Trinajstić information content (AvgIpc) is 2.66. The van der Waals surface area contributed by atoms with Crippen LogP contribution in [-0.2, 0) is 14.8 Å². The lowest BCUT2D eigenvalue weighted by Gasteiger charge is -2.22. The van der Waals surface area contributed by atoms with E-state index in [9.17, 15) is 18.0 Å². The van der Waals surface area contributed by atoms with Gasteiger partial charge >= 0.3 is 0 Å². The zero-order chi connectivity index (χ0) is 23.4. The molecule has 0 saturated carbocycles. The molecule has 8 nitrogen and oxygen atoms in total. The molecule has 2 amide bonds. The zero-order valence-corrected chi connectivity index (χ0v) is 19.4. The van der Waals surface area contributed by atoms with Crippen LogP contribution in [0.4, 0.5) is 11.4 Å². The van der Waals surface area contributed by atoms with Gasteiger partial charge < -0.3 is 15.4 Å². The fourth-order valence-electron chi connectivity index (χ4n) is 2.62. The summed E-state index contributed by atoms with van der Waals surface area (Å²) in [5, 5.41) is 5.61. The van der Waals surface area contributed by atoms with E-state index in [0.717, 1.165) is 10.6 Å². The molecule has 2 rings (SSSR count). The Morgan fingerprint density at radius 3 is 2.16 bits per heavy atom. The minimum Gasteiger partial charge on any atom is -0.481 e. The molecule has 0 radical (unpaired) electrons. The fraction of sp³-hybridized carbons (Fsp3) is 0.364. The molecule has 0 heterocycles. The molecule has 0 aromatic heterocycles. The molecule has 0 aliphatic heterocycles. The summed E-state index contributed by atoms with van der Waals surface area (Å²) in [5.74, 6) is -0.303. The van der Waals surface area contributed by atoms with Crippen LogP contribution >= 0.6 is 0 Å². The van der Waals surface area contributed by atoms with Crippen LogP contribution in [0, 0.1) is 0 Å². The van der Waals surface area contributed by atoms with E-state index in [1.54, 1.807) is 55.5 Å². The molecule has 0 aliphatic carbocycles. The summed E-state index contributed by atoms with van der Waals surface area (Å²) in [7, 11) is -1.91. The second kappa shape index (κ2) is 9.38. The van der Waals surface area contributed by atoms with Crippen LogP contribution in [0.5, 0.6) is 5.75 Å². The Labute approximate surface area is 183 Å². The number of sulfonamides is 1. The lowest BCUT2D eigenvalue weighted by Crippen LogP contribution is -2.41. The molecule has 0 saturated heterocycles. The van der Waals surface area contributed by atoms with E-state index in [0.29, 0.717) is 22.7 Å². The monoisotopic (exact) mass is 447 g/mol. The highest BCUT2D eigenvalue weighted by Gasteiger charge is 2.21.